The van der Waals surface area contributed by atoms with E-state index in [1.165, 1.54) is 12.8 Å². The molecule has 24 heavy (non-hydrogen) atoms. The van der Waals surface area contributed by atoms with Crippen molar-refractivity contribution in [3.05, 3.63) is 65.8 Å². The van der Waals surface area contributed by atoms with Gasteiger partial charge in [-0.25, -0.2) is 0 Å². The third-order valence-corrected chi connectivity index (χ3v) is 4.32. The Morgan fingerprint density at radius 2 is 1.54 bits per heavy atom. The van der Waals surface area contributed by atoms with Crippen molar-refractivity contribution in [2.75, 3.05) is 0 Å². The Bertz CT molecular complexity index is 866. The molecule has 4 nitrogen and oxygen atoms in total. The molecule has 0 atom stereocenters. The van der Waals surface area contributed by atoms with E-state index in [-0.39, 0.29) is 0 Å². The smallest absolute Gasteiger partial charge is 0.230 e. The molecule has 4 rings (SSSR count). The van der Waals surface area contributed by atoms with Crippen LogP contribution < -0.4 is 0 Å². The first-order chi connectivity index (χ1) is 11.9. The molecule has 118 valence electrons. The fourth-order valence-electron chi connectivity index (χ4n) is 2.97. The van der Waals surface area contributed by atoms with E-state index in [1.807, 2.05) is 36.4 Å². The number of rotatable bonds is 2. The number of benzene rings is 1. The van der Waals surface area contributed by atoms with Gasteiger partial charge in [-0.15, -0.1) is 0 Å². The summed E-state index contributed by atoms with van der Waals surface area (Å²) in [6, 6.07) is 11.7. The van der Waals surface area contributed by atoms with Gasteiger partial charge in [-0.2, -0.15) is 4.98 Å². The highest BCUT2D eigenvalue weighted by Crippen LogP contribution is 2.33. The predicted octanol–water partition coefficient (Wildman–Crippen LogP) is 4.19. The van der Waals surface area contributed by atoms with Crippen LogP contribution in [0, 0.1) is 11.8 Å². The number of hydrogen-bond donors (Lipinski definition) is 0. The molecule has 0 unspecified atom stereocenters. The maximum atomic E-state index is 5.44. The van der Waals surface area contributed by atoms with Gasteiger partial charge >= 0.3 is 0 Å². The molecule has 0 spiro atoms. The molecular formula is C20H17N3O. The van der Waals surface area contributed by atoms with Gasteiger partial charge in [0.1, 0.15) is 0 Å². The summed E-state index contributed by atoms with van der Waals surface area (Å²) in [5, 5.41) is 4.13. The van der Waals surface area contributed by atoms with Crippen molar-refractivity contribution in [2.24, 2.45) is 0 Å². The molecule has 0 N–H and O–H groups in total. The van der Waals surface area contributed by atoms with Gasteiger partial charge in [0, 0.05) is 35.0 Å². The second-order valence-electron chi connectivity index (χ2n) is 6.00. The molecule has 4 heteroatoms. The summed E-state index contributed by atoms with van der Waals surface area (Å²) >= 11 is 0. The number of nitrogens with zero attached hydrogens (tertiary/aromatic N) is 3. The summed E-state index contributed by atoms with van der Waals surface area (Å²) in [4.78, 5) is 8.55. The van der Waals surface area contributed by atoms with Crippen LogP contribution in [0.1, 0.15) is 48.6 Å². The first-order valence-electron chi connectivity index (χ1n) is 8.24. The zero-order valence-electron chi connectivity index (χ0n) is 13.3. The average Bonchev–Trinajstić information content (AvgIpc) is 3.33. The maximum absolute atomic E-state index is 5.44. The summed E-state index contributed by atoms with van der Waals surface area (Å²) in [6.45, 7) is 0. The summed E-state index contributed by atoms with van der Waals surface area (Å²) < 4.78 is 5.44. The molecule has 2 heterocycles. The van der Waals surface area contributed by atoms with Gasteiger partial charge in [-0.05, 0) is 49.2 Å². The fourth-order valence-corrected chi connectivity index (χ4v) is 2.97. The van der Waals surface area contributed by atoms with Crippen LogP contribution in [0.2, 0.25) is 0 Å². The second kappa shape index (κ2) is 6.67. The SMILES string of the molecule is C(#Cc1ccc(-c2noc(C3CCCC3)n2)cc1)c1ccncc1. The van der Waals surface area contributed by atoms with E-state index >= 15 is 0 Å². The van der Waals surface area contributed by atoms with Crippen molar-refractivity contribution in [2.45, 2.75) is 31.6 Å². The average molecular weight is 315 g/mol. The molecule has 1 fully saturated rings. The Kier molecular flexibility index (Phi) is 4.07. The molecule has 0 saturated heterocycles. The Morgan fingerprint density at radius 3 is 2.25 bits per heavy atom. The Balaban J connectivity index is 1.51. The zero-order chi connectivity index (χ0) is 16.2. The molecular weight excluding hydrogens is 298 g/mol. The highest BCUT2D eigenvalue weighted by molar-refractivity contribution is 5.56. The molecule has 0 radical (unpaired) electrons. The largest absolute Gasteiger partial charge is 0.339 e. The van der Waals surface area contributed by atoms with Crippen LogP contribution >= 0.6 is 0 Å². The van der Waals surface area contributed by atoms with Crippen LogP contribution in [0.3, 0.4) is 0 Å². The topological polar surface area (TPSA) is 51.8 Å². The Labute approximate surface area is 140 Å². The summed E-state index contributed by atoms with van der Waals surface area (Å²) in [6.07, 6.45) is 8.31. The molecule has 0 amide bonds. The van der Waals surface area contributed by atoms with Crippen LogP contribution in [0.15, 0.2) is 53.3 Å². The van der Waals surface area contributed by atoms with Crippen LogP contribution in [0.25, 0.3) is 11.4 Å². The normalized spacial score (nSPS) is 14.3. The van der Waals surface area contributed by atoms with Gasteiger partial charge < -0.3 is 4.52 Å². The Morgan fingerprint density at radius 1 is 0.875 bits per heavy atom. The third-order valence-electron chi connectivity index (χ3n) is 4.32. The van der Waals surface area contributed by atoms with E-state index in [9.17, 15) is 0 Å². The maximum Gasteiger partial charge on any atom is 0.230 e. The Hall–Kier alpha value is -2.93. The highest BCUT2D eigenvalue weighted by Gasteiger charge is 2.23. The molecule has 0 bridgehead atoms. The predicted molar refractivity (Wildman–Crippen MR) is 91.2 cm³/mol. The van der Waals surface area contributed by atoms with Crippen molar-refractivity contribution in [1.82, 2.24) is 15.1 Å². The minimum atomic E-state index is 0.441. The lowest BCUT2D eigenvalue weighted by molar-refractivity contribution is 0.354. The van der Waals surface area contributed by atoms with Crippen molar-refractivity contribution < 1.29 is 4.52 Å². The minimum absolute atomic E-state index is 0.441. The number of aromatic nitrogens is 3. The van der Waals surface area contributed by atoms with Crippen LogP contribution in [0.4, 0.5) is 0 Å². The lowest BCUT2D eigenvalue weighted by Gasteiger charge is -1.99. The van der Waals surface area contributed by atoms with Crippen molar-refractivity contribution in [1.29, 1.82) is 0 Å². The zero-order valence-corrected chi connectivity index (χ0v) is 13.3. The van der Waals surface area contributed by atoms with Crippen LogP contribution in [0.5, 0.6) is 0 Å². The van der Waals surface area contributed by atoms with Gasteiger partial charge in [0.25, 0.3) is 0 Å². The molecule has 3 aromatic rings. The molecule has 0 aliphatic heterocycles. The summed E-state index contributed by atoms with van der Waals surface area (Å²) in [5.41, 5.74) is 2.86. The van der Waals surface area contributed by atoms with Gasteiger partial charge in [-0.3, -0.25) is 4.98 Å². The number of pyridine rings is 1. The van der Waals surface area contributed by atoms with Crippen molar-refractivity contribution in [3.8, 4) is 23.2 Å². The summed E-state index contributed by atoms with van der Waals surface area (Å²) in [7, 11) is 0. The van der Waals surface area contributed by atoms with Gasteiger partial charge in [0.05, 0.1) is 0 Å². The van der Waals surface area contributed by atoms with E-state index in [2.05, 4.69) is 27.0 Å². The quantitative estimate of drug-likeness (QED) is 0.665. The van der Waals surface area contributed by atoms with Crippen LogP contribution in [-0.2, 0) is 0 Å². The summed E-state index contributed by atoms with van der Waals surface area (Å²) in [5.74, 6) is 8.15. The minimum Gasteiger partial charge on any atom is -0.339 e. The highest BCUT2D eigenvalue weighted by atomic mass is 16.5. The molecule has 2 aromatic heterocycles. The standard InChI is InChI=1S/C20H17N3O/c1-2-4-18(3-1)20-22-19(23-24-20)17-9-7-15(8-10-17)5-6-16-11-13-21-14-12-16/h7-14,18H,1-4H2. The second-order valence-corrected chi connectivity index (χ2v) is 6.00. The fraction of sp³-hybridized carbons (Fsp3) is 0.250. The van der Waals surface area contributed by atoms with Gasteiger partial charge in [0.2, 0.25) is 11.7 Å². The van der Waals surface area contributed by atoms with Gasteiger partial charge in [-0.1, -0.05) is 29.8 Å². The number of hydrogen-bond acceptors (Lipinski definition) is 4. The lowest BCUT2D eigenvalue weighted by Crippen LogP contribution is -1.91. The van der Waals surface area contributed by atoms with Crippen molar-refractivity contribution in [3.63, 3.8) is 0 Å². The molecule has 1 aliphatic carbocycles. The van der Waals surface area contributed by atoms with E-state index in [4.69, 9.17) is 4.52 Å². The van der Waals surface area contributed by atoms with E-state index in [0.717, 1.165) is 35.4 Å². The molecule has 1 aromatic carbocycles. The first-order valence-corrected chi connectivity index (χ1v) is 8.24. The lowest BCUT2D eigenvalue weighted by atomic mass is 10.1. The van der Waals surface area contributed by atoms with Crippen LogP contribution in [-0.4, -0.2) is 15.1 Å². The van der Waals surface area contributed by atoms with Crippen molar-refractivity contribution >= 4 is 0 Å². The van der Waals surface area contributed by atoms with E-state index in [1.54, 1.807) is 12.4 Å². The van der Waals surface area contributed by atoms with Gasteiger partial charge in [0.15, 0.2) is 0 Å². The van der Waals surface area contributed by atoms with E-state index in [0.29, 0.717) is 11.7 Å². The molecule has 1 saturated carbocycles. The molecule has 1 aliphatic rings. The first kappa shape index (κ1) is 14.6. The monoisotopic (exact) mass is 315 g/mol. The van der Waals surface area contributed by atoms with E-state index < -0.39 is 0 Å². The third kappa shape index (κ3) is 3.21.